The van der Waals surface area contributed by atoms with E-state index in [1.807, 2.05) is 0 Å². The van der Waals surface area contributed by atoms with Crippen molar-refractivity contribution in [2.45, 2.75) is 35.8 Å². The van der Waals surface area contributed by atoms with Crippen LogP contribution in [0.2, 0.25) is 0 Å². The van der Waals surface area contributed by atoms with E-state index in [0.717, 1.165) is 19.3 Å². The molecule has 1 fully saturated rings. The van der Waals surface area contributed by atoms with Crippen LogP contribution in [0.3, 0.4) is 0 Å². The molecule has 2 atom stereocenters. The molecule has 0 amide bonds. The molecular weight excluding hydrogens is 174 g/mol. The Labute approximate surface area is 75.2 Å². The van der Waals surface area contributed by atoms with Crippen LogP contribution in [0.5, 0.6) is 0 Å². The summed E-state index contributed by atoms with van der Waals surface area (Å²) in [4.78, 5) is 4.00. The first-order chi connectivity index (χ1) is 5.86. The topological polar surface area (TPSA) is 46.3 Å². The number of thioether (sulfide) groups is 1. The van der Waals surface area contributed by atoms with Crippen molar-refractivity contribution in [1.29, 1.82) is 0 Å². The molecule has 0 spiro atoms. The zero-order chi connectivity index (χ0) is 8.39. The zero-order valence-electron chi connectivity index (χ0n) is 6.64. The highest BCUT2D eigenvalue weighted by Gasteiger charge is 2.27. The Morgan fingerprint density at radius 3 is 3.08 bits per heavy atom. The van der Waals surface area contributed by atoms with Gasteiger partial charge in [0.15, 0.2) is 0 Å². The molecule has 0 bridgehead atoms. The molecule has 2 unspecified atom stereocenters. The maximum absolute atomic E-state index is 9.50. The fraction of sp³-hybridized carbons (Fsp3) is 0.625. The van der Waals surface area contributed by atoms with E-state index in [-0.39, 0.29) is 11.4 Å². The molecule has 4 heteroatoms. The molecule has 1 saturated carbocycles. The maximum atomic E-state index is 9.50. The number of rotatable bonds is 2. The Balaban J connectivity index is 1.95. The summed E-state index contributed by atoms with van der Waals surface area (Å²) in [5, 5.41) is 10.4. The lowest BCUT2D eigenvalue weighted by molar-refractivity contribution is 0.187. The van der Waals surface area contributed by atoms with E-state index in [2.05, 4.69) is 4.98 Å². The normalized spacial score (nSPS) is 29.4. The van der Waals surface area contributed by atoms with Gasteiger partial charge in [-0.1, -0.05) is 11.8 Å². The predicted octanol–water partition coefficient (Wildman–Crippen LogP) is 1.68. The second-order valence-electron chi connectivity index (χ2n) is 2.95. The van der Waals surface area contributed by atoms with Gasteiger partial charge in [0, 0.05) is 5.25 Å². The van der Waals surface area contributed by atoms with E-state index in [4.69, 9.17) is 4.42 Å². The van der Waals surface area contributed by atoms with Crippen molar-refractivity contribution in [3.63, 3.8) is 0 Å². The Hall–Kier alpha value is -0.480. The third-order valence-corrected chi connectivity index (χ3v) is 3.34. The average Bonchev–Trinajstić information content (AvgIpc) is 2.65. The van der Waals surface area contributed by atoms with Crippen LogP contribution in [0.15, 0.2) is 22.1 Å². The first-order valence-corrected chi connectivity index (χ1v) is 4.98. The van der Waals surface area contributed by atoms with Crippen molar-refractivity contribution >= 4 is 11.8 Å². The van der Waals surface area contributed by atoms with E-state index >= 15 is 0 Å². The second-order valence-corrected chi connectivity index (χ2v) is 4.14. The molecule has 2 rings (SSSR count). The highest BCUT2D eigenvalue weighted by atomic mass is 32.2. The summed E-state index contributed by atoms with van der Waals surface area (Å²) < 4.78 is 5.08. The molecule has 1 N–H and O–H groups in total. The van der Waals surface area contributed by atoms with E-state index in [0.29, 0.717) is 5.22 Å². The Morgan fingerprint density at radius 1 is 1.58 bits per heavy atom. The summed E-state index contributed by atoms with van der Waals surface area (Å²) in [6.07, 6.45) is 6.10. The van der Waals surface area contributed by atoms with Crippen LogP contribution in [-0.2, 0) is 0 Å². The smallest absolute Gasteiger partial charge is 0.255 e. The van der Waals surface area contributed by atoms with Crippen LogP contribution in [0.1, 0.15) is 19.3 Å². The highest BCUT2D eigenvalue weighted by molar-refractivity contribution is 7.99. The second kappa shape index (κ2) is 3.49. The van der Waals surface area contributed by atoms with Gasteiger partial charge in [-0.3, -0.25) is 0 Å². The van der Waals surface area contributed by atoms with Crippen LogP contribution >= 0.6 is 11.8 Å². The van der Waals surface area contributed by atoms with Crippen molar-refractivity contribution in [3.8, 4) is 0 Å². The van der Waals surface area contributed by atoms with E-state index in [9.17, 15) is 5.11 Å². The third kappa shape index (κ3) is 1.64. The van der Waals surface area contributed by atoms with E-state index in [1.165, 1.54) is 11.8 Å². The Kier molecular flexibility index (Phi) is 2.37. The number of aliphatic hydroxyl groups is 1. The molecule has 66 valence electrons. The standard InChI is InChI=1S/C8H11NO2S/c10-6-2-1-3-7(6)12-8-9-4-5-11-8/h4-7,10H,1-3H2. The summed E-state index contributed by atoms with van der Waals surface area (Å²) in [5.41, 5.74) is 0. The van der Waals surface area contributed by atoms with Gasteiger partial charge in [0.2, 0.25) is 0 Å². The molecule has 1 aromatic heterocycles. The number of aliphatic hydroxyl groups excluding tert-OH is 1. The van der Waals surface area contributed by atoms with Gasteiger partial charge in [0.1, 0.15) is 6.26 Å². The van der Waals surface area contributed by atoms with Crippen molar-refractivity contribution in [1.82, 2.24) is 4.98 Å². The summed E-state index contributed by atoms with van der Waals surface area (Å²) in [7, 11) is 0. The fourth-order valence-electron chi connectivity index (χ4n) is 1.44. The maximum Gasteiger partial charge on any atom is 0.255 e. The van der Waals surface area contributed by atoms with Crippen LogP contribution in [0.4, 0.5) is 0 Å². The van der Waals surface area contributed by atoms with Gasteiger partial charge in [-0.25, -0.2) is 4.98 Å². The highest BCUT2D eigenvalue weighted by Crippen LogP contribution is 2.33. The quantitative estimate of drug-likeness (QED) is 0.761. The number of oxazole rings is 1. The fourth-order valence-corrected chi connectivity index (χ4v) is 2.51. The molecule has 0 aliphatic heterocycles. The molecule has 1 aromatic rings. The van der Waals surface area contributed by atoms with Crippen molar-refractivity contribution in [2.75, 3.05) is 0 Å². The summed E-state index contributed by atoms with van der Waals surface area (Å²) >= 11 is 1.54. The monoisotopic (exact) mass is 185 g/mol. The lowest BCUT2D eigenvalue weighted by Crippen LogP contribution is -2.14. The summed E-state index contributed by atoms with van der Waals surface area (Å²) in [6, 6.07) is 0. The van der Waals surface area contributed by atoms with Crippen LogP contribution < -0.4 is 0 Å². The number of aromatic nitrogens is 1. The van der Waals surface area contributed by atoms with Gasteiger partial charge in [-0.2, -0.15) is 0 Å². The molecule has 1 heterocycles. The molecular formula is C8H11NO2S. The minimum atomic E-state index is -0.179. The van der Waals surface area contributed by atoms with Crippen LogP contribution in [0.25, 0.3) is 0 Å². The molecule has 12 heavy (non-hydrogen) atoms. The molecule has 0 radical (unpaired) electrons. The molecule has 0 saturated heterocycles. The Morgan fingerprint density at radius 2 is 2.50 bits per heavy atom. The van der Waals surface area contributed by atoms with Crippen molar-refractivity contribution in [3.05, 3.63) is 12.5 Å². The van der Waals surface area contributed by atoms with Crippen molar-refractivity contribution in [2.24, 2.45) is 0 Å². The van der Waals surface area contributed by atoms with Gasteiger partial charge >= 0.3 is 0 Å². The van der Waals surface area contributed by atoms with Gasteiger partial charge in [0.25, 0.3) is 5.22 Å². The molecule has 3 nitrogen and oxygen atoms in total. The summed E-state index contributed by atoms with van der Waals surface area (Å²) in [6.45, 7) is 0. The minimum absolute atomic E-state index is 0.179. The third-order valence-electron chi connectivity index (χ3n) is 2.08. The summed E-state index contributed by atoms with van der Waals surface area (Å²) in [5.74, 6) is 0. The van der Waals surface area contributed by atoms with Crippen LogP contribution in [0, 0.1) is 0 Å². The SMILES string of the molecule is OC1CCCC1Sc1ncco1. The first-order valence-electron chi connectivity index (χ1n) is 4.10. The number of nitrogens with zero attached hydrogens (tertiary/aromatic N) is 1. The molecule has 1 aliphatic carbocycles. The lowest BCUT2D eigenvalue weighted by atomic mass is 10.3. The molecule has 0 aromatic carbocycles. The van der Waals surface area contributed by atoms with Crippen molar-refractivity contribution < 1.29 is 9.52 Å². The minimum Gasteiger partial charge on any atom is -0.440 e. The Bertz CT molecular complexity index is 237. The van der Waals surface area contributed by atoms with E-state index in [1.54, 1.807) is 12.5 Å². The largest absolute Gasteiger partial charge is 0.440 e. The average molecular weight is 185 g/mol. The first kappa shape index (κ1) is 8.13. The zero-order valence-corrected chi connectivity index (χ0v) is 7.46. The predicted molar refractivity (Wildman–Crippen MR) is 46.0 cm³/mol. The van der Waals surface area contributed by atoms with E-state index < -0.39 is 0 Å². The van der Waals surface area contributed by atoms with Gasteiger partial charge in [-0.15, -0.1) is 0 Å². The van der Waals surface area contributed by atoms with Gasteiger partial charge < -0.3 is 9.52 Å². The number of hydrogen-bond donors (Lipinski definition) is 1. The van der Waals surface area contributed by atoms with Gasteiger partial charge in [-0.05, 0) is 19.3 Å². The van der Waals surface area contributed by atoms with Crippen LogP contribution in [-0.4, -0.2) is 21.4 Å². The lowest BCUT2D eigenvalue weighted by Gasteiger charge is -2.10. The van der Waals surface area contributed by atoms with Gasteiger partial charge in [0.05, 0.1) is 12.3 Å². The number of hydrogen-bond acceptors (Lipinski definition) is 4. The molecule has 1 aliphatic rings.